The van der Waals surface area contributed by atoms with Crippen LogP contribution < -0.4 is 14.8 Å². The zero-order valence-electron chi connectivity index (χ0n) is 14.3. The predicted octanol–water partition coefficient (Wildman–Crippen LogP) is 3.10. The van der Waals surface area contributed by atoms with E-state index in [-0.39, 0.29) is 11.9 Å². The van der Waals surface area contributed by atoms with Gasteiger partial charge in [-0.05, 0) is 44.7 Å². The van der Waals surface area contributed by atoms with Crippen molar-refractivity contribution < 1.29 is 14.3 Å². The van der Waals surface area contributed by atoms with Gasteiger partial charge in [0, 0.05) is 30.7 Å². The minimum atomic E-state index is -0.108. The summed E-state index contributed by atoms with van der Waals surface area (Å²) in [4.78, 5) is 15.1. The van der Waals surface area contributed by atoms with E-state index in [1.54, 1.807) is 19.2 Å². The van der Waals surface area contributed by atoms with Crippen LogP contribution in [0.25, 0.3) is 0 Å². The monoisotopic (exact) mass is 352 g/mol. The van der Waals surface area contributed by atoms with Crippen molar-refractivity contribution in [1.29, 1.82) is 0 Å². The van der Waals surface area contributed by atoms with Crippen molar-refractivity contribution in [3.05, 3.63) is 22.7 Å². The molecule has 0 unspecified atom stereocenters. The highest BCUT2D eigenvalue weighted by molar-refractivity contribution is 6.32. The molecule has 0 aromatic heterocycles. The first kappa shape index (κ1) is 17.4. The number of hydrogen-bond donors (Lipinski definition) is 1. The normalized spacial score (nSPS) is 19.1. The molecule has 0 spiro atoms. The average Bonchev–Trinajstić information content (AvgIpc) is 3.42. The van der Waals surface area contributed by atoms with Crippen molar-refractivity contribution >= 4 is 17.5 Å². The Hall–Kier alpha value is -1.46. The van der Waals surface area contributed by atoms with Crippen LogP contribution in [0.4, 0.5) is 0 Å². The second-order valence-corrected chi connectivity index (χ2v) is 6.84. The molecule has 1 aromatic carbocycles. The van der Waals surface area contributed by atoms with Gasteiger partial charge >= 0.3 is 0 Å². The summed E-state index contributed by atoms with van der Waals surface area (Å²) in [6.07, 6.45) is 4.68. The minimum Gasteiger partial charge on any atom is -0.493 e. The number of nitrogens with zero attached hydrogens (tertiary/aromatic N) is 1. The van der Waals surface area contributed by atoms with E-state index in [1.807, 2.05) is 6.92 Å². The van der Waals surface area contributed by atoms with Crippen LogP contribution in [-0.2, 0) is 0 Å². The summed E-state index contributed by atoms with van der Waals surface area (Å²) in [7, 11) is 1.55. The van der Waals surface area contributed by atoms with Crippen LogP contribution in [0.3, 0.4) is 0 Å². The maximum Gasteiger partial charge on any atom is 0.251 e. The van der Waals surface area contributed by atoms with E-state index in [0.29, 0.717) is 28.7 Å². The number of carbonyl (C=O) groups is 1. The van der Waals surface area contributed by atoms with Gasteiger partial charge in [-0.15, -0.1) is 0 Å². The summed E-state index contributed by atoms with van der Waals surface area (Å²) in [5.74, 6) is 0.858. The zero-order valence-corrected chi connectivity index (χ0v) is 15.1. The summed E-state index contributed by atoms with van der Waals surface area (Å²) in [6.45, 7) is 4.51. The van der Waals surface area contributed by atoms with Gasteiger partial charge in [-0.3, -0.25) is 4.79 Å². The number of piperidine rings is 1. The lowest BCUT2D eigenvalue weighted by Gasteiger charge is -2.32. The highest BCUT2D eigenvalue weighted by atomic mass is 35.5. The highest BCUT2D eigenvalue weighted by Gasteiger charge is 2.32. The molecule has 132 valence electrons. The van der Waals surface area contributed by atoms with Gasteiger partial charge in [0.05, 0.1) is 18.7 Å². The lowest BCUT2D eigenvalue weighted by atomic mass is 10.0. The van der Waals surface area contributed by atoms with E-state index in [0.717, 1.165) is 32.0 Å². The van der Waals surface area contributed by atoms with E-state index in [9.17, 15) is 4.79 Å². The van der Waals surface area contributed by atoms with Crippen LogP contribution in [-0.4, -0.2) is 49.7 Å². The second kappa shape index (κ2) is 7.62. The molecule has 0 atom stereocenters. The lowest BCUT2D eigenvalue weighted by molar-refractivity contribution is 0.0908. The van der Waals surface area contributed by atoms with Crippen LogP contribution in [0, 0.1) is 0 Å². The molecule has 0 radical (unpaired) electrons. The Kier molecular flexibility index (Phi) is 5.51. The van der Waals surface area contributed by atoms with E-state index >= 15 is 0 Å². The Morgan fingerprint density at radius 2 is 2.00 bits per heavy atom. The fourth-order valence-corrected chi connectivity index (χ4v) is 3.52. The van der Waals surface area contributed by atoms with Gasteiger partial charge in [-0.2, -0.15) is 0 Å². The number of rotatable bonds is 6. The molecule has 6 heteroatoms. The van der Waals surface area contributed by atoms with Crippen LogP contribution >= 0.6 is 11.6 Å². The molecule has 1 amide bonds. The maximum atomic E-state index is 12.6. The number of carbonyl (C=O) groups excluding carboxylic acids is 1. The predicted molar refractivity (Wildman–Crippen MR) is 94.3 cm³/mol. The molecule has 3 rings (SSSR count). The fraction of sp³-hybridized carbons (Fsp3) is 0.611. The van der Waals surface area contributed by atoms with Gasteiger partial charge in [-0.1, -0.05) is 11.6 Å². The van der Waals surface area contributed by atoms with Crippen LogP contribution in [0.5, 0.6) is 11.5 Å². The van der Waals surface area contributed by atoms with Gasteiger partial charge in [0.2, 0.25) is 0 Å². The van der Waals surface area contributed by atoms with E-state index in [2.05, 4.69) is 10.2 Å². The molecule has 0 bridgehead atoms. The average molecular weight is 353 g/mol. The lowest BCUT2D eigenvalue weighted by Crippen LogP contribution is -2.45. The first-order valence-corrected chi connectivity index (χ1v) is 9.05. The van der Waals surface area contributed by atoms with Crippen LogP contribution in [0.2, 0.25) is 5.02 Å². The summed E-state index contributed by atoms with van der Waals surface area (Å²) in [5, 5.41) is 3.52. The Labute approximate surface area is 148 Å². The molecular weight excluding hydrogens is 328 g/mol. The third-order valence-electron chi connectivity index (χ3n) is 4.71. The first-order valence-electron chi connectivity index (χ1n) is 8.67. The van der Waals surface area contributed by atoms with Crippen molar-refractivity contribution in [2.75, 3.05) is 26.8 Å². The molecule has 1 saturated heterocycles. The highest BCUT2D eigenvalue weighted by Crippen LogP contribution is 2.36. The fourth-order valence-electron chi connectivity index (χ4n) is 3.25. The van der Waals surface area contributed by atoms with Gasteiger partial charge in [0.15, 0.2) is 11.5 Å². The van der Waals surface area contributed by atoms with Gasteiger partial charge < -0.3 is 19.7 Å². The van der Waals surface area contributed by atoms with Gasteiger partial charge in [-0.25, -0.2) is 0 Å². The van der Waals surface area contributed by atoms with Crippen molar-refractivity contribution in [1.82, 2.24) is 10.2 Å². The summed E-state index contributed by atoms with van der Waals surface area (Å²) < 4.78 is 10.8. The molecular formula is C18H25ClN2O3. The van der Waals surface area contributed by atoms with E-state index in [1.165, 1.54) is 12.8 Å². The quantitative estimate of drug-likeness (QED) is 0.854. The number of nitrogens with one attached hydrogen (secondary N) is 1. The molecule has 1 heterocycles. The number of methoxy groups -OCH3 is 1. The number of likely N-dealkylation sites (tertiary alicyclic amines) is 1. The smallest absolute Gasteiger partial charge is 0.251 e. The van der Waals surface area contributed by atoms with Crippen LogP contribution in [0.1, 0.15) is 43.0 Å². The van der Waals surface area contributed by atoms with Crippen molar-refractivity contribution in [3.8, 4) is 11.5 Å². The molecule has 1 saturated carbocycles. The van der Waals surface area contributed by atoms with E-state index in [4.69, 9.17) is 21.1 Å². The number of benzene rings is 1. The molecule has 1 aliphatic carbocycles. The largest absolute Gasteiger partial charge is 0.493 e. The minimum absolute atomic E-state index is 0.108. The summed E-state index contributed by atoms with van der Waals surface area (Å²) in [6, 6.07) is 4.36. The maximum absolute atomic E-state index is 12.6. The molecule has 24 heavy (non-hydrogen) atoms. The number of hydrogen-bond acceptors (Lipinski definition) is 4. The first-order chi connectivity index (χ1) is 11.6. The Morgan fingerprint density at radius 1 is 1.29 bits per heavy atom. The topological polar surface area (TPSA) is 50.8 Å². The van der Waals surface area contributed by atoms with Gasteiger partial charge in [0.25, 0.3) is 5.91 Å². The molecule has 1 N–H and O–H groups in total. The molecule has 2 aliphatic rings. The summed E-state index contributed by atoms with van der Waals surface area (Å²) in [5.41, 5.74) is 0.505. The van der Waals surface area contributed by atoms with Crippen molar-refractivity contribution in [2.24, 2.45) is 0 Å². The molecule has 1 aromatic rings. The SMILES string of the molecule is CCOc1c(Cl)cc(C(=O)NC2CCN(C3CC3)CC2)cc1OC. The van der Waals surface area contributed by atoms with Crippen molar-refractivity contribution in [2.45, 2.75) is 44.7 Å². The number of halogens is 1. The van der Waals surface area contributed by atoms with Gasteiger partial charge in [0.1, 0.15) is 0 Å². The standard InChI is InChI=1S/C18H25ClN2O3/c1-3-24-17-15(19)10-12(11-16(17)23-2)18(22)20-13-6-8-21(9-7-13)14-4-5-14/h10-11,13-14H,3-9H2,1-2H3,(H,20,22). The third kappa shape index (κ3) is 3.95. The summed E-state index contributed by atoms with van der Waals surface area (Å²) >= 11 is 6.25. The van der Waals surface area contributed by atoms with Crippen LogP contribution in [0.15, 0.2) is 12.1 Å². The Bertz CT molecular complexity index is 596. The Balaban J connectivity index is 1.63. The van der Waals surface area contributed by atoms with E-state index < -0.39 is 0 Å². The number of amides is 1. The molecule has 5 nitrogen and oxygen atoms in total. The molecule has 2 fully saturated rings. The molecule has 1 aliphatic heterocycles. The number of ether oxygens (including phenoxy) is 2. The Morgan fingerprint density at radius 3 is 2.58 bits per heavy atom. The third-order valence-corrected chi connectivity index (χ3v) is 4.99. The van der Waals surface area contributed by atoms with Crippen molar-refractivity contribution in [3.63, 3.8) is 0 Å². The second-order valence-electron chi connectivity index (χ2n) is 6.44. The zero-order chi connectivity index (χ0) is 17.1.